The zero-order valence-electron chi connectivity index (χ0n) is 40.2. The Kier molecular flexibility index (Phi) is 42.1. The number of amides is 1. The summed E-state index contributed by atoms with van der Waals surface area (Å²) in [7, 11) is 1.55. The van der Waals surface area contributed by atoms with Gasteiger partial charge in [0.15, 0.2) is 0 Å². The van der Waals surface area contributed by atoms with Gasteiger partial charge < -0.3 is 19.8 Å². The third-order valence-electron chi connectivity index (χ3n) is 11.3. The normalized spacial score (nSPS) is 14.4. The summed E-state index contributed by atoms with van der Waals surface area (Å²) in [6.45, 7) is 4.78. The van der Waals surface area contributed by atoms with Crippen molar-refractivity contribution in [1.82, 2.24) is 5.32 Å². The molecule has 0 aliphatic rings. The largest absolute Gasteiger partial charge is 0.472 e. The second kappa shape index (κ2) is 43.0. The number of aliphatic hydroxyl groups excluding tert-OH is 1. The molecule has 0 saturated carbocycles. The maximum Gasteiger partial charge on any atom is 0.472 e. The van der Waals surface area contributed by atoms with E-state index in [9.17, 15) is 19.4 Å². The zero-order valence-corrected chi connectivity index (χ0v) is 41.1. The smallest absolute Gasteiger partial charge is 0.387 e. The van der Waals surface area contributed by atoms with E-state index < -0.39 is 20.0 Å². The molecule has 0 aliphatic heterocycles. The summed E-state index contributed by atoms with van der Waals surface area (Å²) in [5.41, 5.74) is 0. The van der Waals surface area contributed by atoms with Crippen LogP contribution >= 0.6 is 7.82 Å². The number of hydrogen-bond acceptors (Lipinski definition) is 5. The van der Waals surface area contributed by atoms with Gasteiger partial charge in [0.25, 0.3) is 0 Å². The molecule has 3 N–H and O–H groups in total. The van der Waals surface area contributed by atoms with Crippen LogP contribution < -0.4 is 5.32 Å². The molecule has 60 heavy (non-hydrogen) atoms. The number of phosphoric ester groups is 1. The van der Waals surface area contributed by atoms with Gasteiger partial charge in [0.1, 0.15) is 13.2 Å². The van der Waals surface area contributed by atoms with Gasteiger partial charge in [0.05, 0.1) is 39.9 Å². The maximum absolute atomic E-state index is 12.9. The standard InChI is InChI=1S/C51H99N2O6P/c1-6-8-10-12-14-16-18-20-21-22-23-24-25-26-27-28-29-30-31-33-34-36-38-40-42-44-50(54)49(48-59-60(56,57)58-47-46-53(3,4)5)52-51(55)45-43-41-39-37-35-32-19-17-15-13-11-9-7-2/h32,34-36,42,44,49-50,54H,6-31,33,37-41,43,45-48H2,1-5H3,(H-,52,55,56,57)/p+1/b35-32-,36-34+,44-42+. The number of hydrogen-bond donors (Lipinski definition) is 3. The number of likely N-dealkylation sites (N-methyl/N-ethyl adjacent to an activating group) is 1. The average molecular weight is 868 g/mol. The second-order valence-electron chi connectivity index (χ2n) is 18.5. The van der Waals surface area contributed by atoms with Gasteiger partial charge in [0.2, 0.25) is 5.91 Å². The highest BCUT2D eigenvalue weighted by atomic mass is 31.2. The Morgan fingerprint density at radius 1 is 0.550 bits per heavy atom. The van der Waals surface area contributed by atoms with Crippen LogP contribution in [0.4, 0.5) is 0 Å². The molecule has 8 nitrogen and oxygen atoms in total. The topological polar surface area (TPSA) is 105 Å². The van der Waals surface area contributed by atoms with Crippen LogP contribution in [0, 0.1) is 0 Å². The van der Waals surface area contributed by atoms with Gasteiger partial charge in [-0.15, -0.1) is 0 Å². The van der Waals surface area contributed by atoms with Crippen LogP contribution in [0.1, 0.15) is 232 Å². The van der Waals surface area contributed by atoms with E-state index in [0.29, 0.717) is 17.4 Å². The van der Waals surface area contributed by atoms with Crippen LogP contribution in [-0.2, 0) is 18.4 Å². The summed E-state index contributed by atoms with van der Waals surface area (Å²) in [6, 6.07) is -0.869. The molecule has 0 bridgehead atoms. The Balaban J connectivity index is 4.30. The molecule has 0 rings (SSSR count). The molecule has 9 heteroatoms. The second-order valence-corrected chi connectivity index (χ2v) is 20.0. The van der Waals surface area contributed by atoms with Gasteiger partial charge in [0, 0.05) is 6.42 Å². The summed E-state index contributed by atoms with van der Waals surface area (Å²) in [5, 5.41) is 13.8. The van der Waals surface area contributed by atoms with Crippen molar-refractivity contribution in [2.45, 2.75) is 244 Å². The fraction of sp³-hybridized carbons (Fsp3) is 0.863. The highest BCUT2D eigenvalue weighted by molar-refractivity contribution is 7.47. The Labute approximate surface area is 372 Å². The first-order valence-corrected chi connectivity index (χ1v) is 26.9. The lowest BCUT2D eigenvalue weighted by Gasteiger charge is -2.25. The molecular weight excluding hydrogens is 768 g/mol. The number of nitrogens with one attached hydrogen (secondary N) is 1. The van der Waals surface area contributed by atoms with E-state index in [1.165, 1.54) is 161 Å². The van der Waals surface area contributed by atoms with Crippen LogP contribution in [-0.4, -0.2) is 73.4 Å². The van der Waals surface area contributed by atoms with Crippen LogP contribution in [0.3, 0.4) is 0 Å². The molecule has 0 heterocycles. The van der Waals surface area contributed by atoms with Crippen molar-refractivity contribution in [3.05, 3.63) is 36.5 Å². The van der Waals surface area contributed by atoms with Crippen molar-refractivity contribution in [3.8, 4) is 0 Å². The Bertz CT molecular complexity index is 1070. The Morgan fingerprint density at radius 3 is 1.33 bits per heavy atom. The monoisotopic (exact) mass is 868 g/mol. The van der Waals surface area contributed by atoms with E-state index in [1.807, 2.05) is 27.2 Å². The SMILES string of the molecule is CCCCCCCC/C=C\CCCCCC(=O)NC(COP(=O)(O)OCC[N+](C)(C)C)C(O)/C=C/CC/C=C/CCCCCCCCCCCCCCCCCCCCC. The van der Waals surface area contributed by atoms with E-state index in [-0.39, 0.29) is 19.1 Å². The van der Waals surface area contributed by atoms with E-state index >= 15 is 0 Å². The molecular formula is C51H100N2O6P+. The Hall–Kier alpha value is -1.28. The molecule has 3 atom stereocenters. The van der Waals surface area contributed by atoms with E-state index in [0.717, 1.165) is 51.4 Å². The van der Waals surface area contributed by atoms with Crippen molar-refractivity contribution in [3.63, 3.8) is 0 Å². The average Bonchev–Trinajstić information content (AvgIpc) is 3.20. The minimum atomic E-state index is -4.35. The lowest BCUT2D eigenvalue weighted by atomic mass is 10.0. The molecule has 0 aliphatic carbocycles. The first-order valence-electron chi connectivity index (χ1n) is 25.4. The minimum absolute atomic E-state index is 0.0536. The number of nitrogens with zero attached hydrogens (tertiary/aromatic N) is 1. The number of rotatable bonds is 46. The summed E-state index contributed by atoms with van der Waals surface area (Å²) >= 11 is 0. The Morgan fingerprint density at radius 2 is 0.917 bits per heavy atom. The van der Waals surface area contributed by atoms with Gasteiger partial charge in [-0.05, 0) is 57.8 Å². The van der Waals surface area contributed by atoms with Crippen molar-refractivity contribution in [2.75, 3.05) is 40.9 Å². The number of allylic oxidation sites excluding steroid dienone is 5. The molecule has 0 aromatic carbocycles. The molecule has 0 saturated heterocycles. The molecule has 1 amide bonds. The summed E-state index contributed by atoms with van der Waals surface area (Å²) < 4.78 is 23.6. The lowest BCUT2D eigenvalue weighted by Crippen LogP contribution is -2.45. The molecule has 0 aromatic rings. The minimum Gasteiger partial charge on any atom is -0.387 e. The summed E-state index contributed by atoms with van der Waals surface area (Å²) in [6.07, 6.45) is 53.8. The van der Waals surface area contributed by atoms with Crippen molar-refractivity contribution in [2.24, 2.45) is 0 Å². The van der Waals surface area contributed by atoms with Crippen molar-refractivity contribution < 1.29 is 32.9 Å². The van der Waals surface area contributed by atoms with Crippen molar-refractivity contribution >= 4 is 13.7 Å². The number of quaternary nitrogens is 1. The van der Waals surface area contributed by atoms with Crippen molar-refractivity contribution in [1.29, 1.82) is 0 Å². The molecule has 354 valence electrons. The predicted octanol–water partition coefficient (Wildman–Crippen LogP) is 14.6. The molecule has 0 spiro atoms. The van der Waals surface area contributed by atoms with Gasteiger partial charge in [-0.1, -0.05) is 204 Å². The molecule has 0 radical (unpaired) electrons. The summed E-state index contributed by atoms with van der Waals surface area (Å²) in [4.78, 5) is 23.1. The molecule has 3 unspecified atom stereocenters. The van der Waals surface area contributed by atoms with Crippen LogP contribution in [0.2, 0.25) is 0 Å². The number of unbranched alkanes of at least 4 members (excludes halogenated alkanes) is 29. The van der Waals surface area contributed by atoms with Crippen LogP contribution in [0.5, 0.6) is 0 Å². The van der Waals surface area contributed by atoms with Crippen LogP contribution in [0.15, 0.2) is 36.5 Å². The van der Waals surface area contributed by atoms with Crippen LogP contribution in [0.25, 0.3) is 0 Å². The van der Waals surface area contributed by atoms with Gasteiger partial charge >= 0.3 is 7.82 Å². The fourth-order valence-corrected chi connectivity index (χ4v) is 8.02. The quantitative estimate of drug-likeness (QED) is 0.0244. The molecule has 0 fully saturated rings. The first kappa shape index (κ1) is 58.7. The van der Waals surface area contributed by atoms with E-state index in [1.54, 1.807) is 6.08 Å². The number of phosphoric acid groups is 1. The number of carbonyl (C=O) groups excluding carboxylic acids is 1. The lowest BCUT2D eigenvalue weighted by molar-refractivity contribution is -0.870. The third-order valence-corrected chi connectivity index (χ3v) is 12.3. The van der Waals surface area contributed by atoms with Gasteiger partial charge in [-0.2, -0.15) is 0 Å². The predicted molar refractivity (Wildman–Crippen MR) is 258 cm³/mol. The summed E-state index contributed by atoms with van der Waals surface area (Å²) in [5.74, 6) is -0.203. The zero-order chi connectivity index (χ0) is 44.3. The highest BCUT2D eigenvalue weighted by Crippen LogP contribution is 2.43. The maximum atomic E-state index is 12.9. The molecule has 0 aromatic heterocycles. The first-order chi connectivity index (χ1) is 29.0. The van der Waals surface area contributed by atoms with Gasteiger partial charge in [-0.25, -0.2) is 4.57 Å². The van der Waals surface area contributed by atoms with E-state index in [4.69, 9.17) is 9.05 Å². The van der Waals surface area contributed by atoms with Gasteiger partial charge in [-0.3, -0.25) is 13.8 Å². The number of aliphatic hydroxyl groups is 1. The third kappa shape index (κ3) is 44.8. The fourth-order valence-electron chi connectivity index (χ4n) is 7.29. The number of carbonyl (C=O) groups is 1. The van der Waals surface area contributed by atoms with E-state index in [2.05, 4.69) is 43.5 Å². The highest BCUT2D eigenvalue weighted by Gasteiger charge is 2.27.